The van der Waals surface area contributed by atoms with Gasteiger partial charge in [0.05, 0.1) is 0 Å². The highest BCUT2D eigenvalue weighted by atomic mass is 16.7. The monoisotopic (exact) mass is 270 g/mol. The molecule has 0 radical (unpaired) electrons. The van der Waals surface area contributed by atoms with Crippen LogP contribution in [-0.4, -0.2) is 11.0 Å². The molecular formula is C14H14N4O2. The van der Waals surface area contributed by atoms with Crippen molar-refractivity contribution in [2.24, 2.45) is 10.7 Å². The van der Waals surface area contributed by atoms with Crippen molar-refractivity contribution in [2.75, 3.05) is 0 Å². The van der Waals surface area contributed by atoms with Crippen molar-refractivity contribution in [3.63, 3.8) is 0 Å². The van der Waals surface area contributed by atoms with Crippen LogP contribution in [0.3, 0.4) is 0 Å². The first kappa shape index (κ1) is 13.5. The number of nitrogens with one attached hydrogen (secondary N) is 1. The number of hydrogen-bond donors (Lipinski definition) is 2. The van der Waals surface area contributed by atoms with Crippen molar-refractivity contribution in [2.45, 2.75) is 6.04 Å². The lowest BCUT2D eigenvalue weighted by atomic mass is 9.99. The third-order valence-corrected chi connectivity index (χ3v) is 2.70. The highest BCUT2D eigenvalue weighted by Crippen LogP contribution is 2.25. The van der Waals surface area contributed by atoms with Gasteiger partial charge in [0.15, 0.2) is 5.03 Å². The number of hydrogen-bond acceptors (Lipinski definition) is 3. The molecule has 2 aromatic rings. The van der Waals surface area contributed by atoms with Crippen LogP contribution in [0.4, 0.5) is 0 Å². The predicted octanol–water partition coefficient (Wildman–Crippen LogP) is 1.87. The molecule has 102 valence electrons. The van der Waals surface area contributed by atoms with Crippen LogP contribution in [0.15, 0.2) is 65.7 Å². The van der Waals surface area contributed by atoms with Gasteiger partial charge in [-0.3, -0.25) is 0 Å². The van der Waals surface area contributed by atoms with Crippen molar-refractivity contribution in [1.82, 2.24) is 5.43 Å². The maximum atomic E-state index is 10.4. The van der Waals surface area contributed by atoms with Crippen LogP contribution in [0.2, 0.25) is 0 Å². The SMILES string of the molecule is NC(=NC(c1ccccc1)c1ccccc1)N[N+](=O)[O-]. The quantitative estimate of drug-likeness (QED) is 0.384. The van der Waals surface area contributed by atoms with Gasteiger partial charge in [-0.2, -0.15) is 0 Å². The summed E-state index contributed by atoms with van der Waals surface area (Å²) in [5, 5.41) is 9.67. The second kappa shape index (κ2) is 6.33. The largest absolute Gasteiger partial charge is 0.365 e. The lowest BCUT2D eigenvalue weighted by molar-refractivity contribution is -0.525. The molecule has 2 rings (SSSR count). The van der Waals surface area contributed by atoms with E-state index >= 15 is 0 Å². The minimum absolute atomic E-state index is 0.229. The first-order chi connectivity index (χ1) is 9.66. The Morgan fingerprint density at radius 3 is 1.90 bits per heavy atom. The number of nitrogens with zero attached hydrogens (tertiary/aromatic N) is 2. The zero-order valence-electron chi connectivity index (χ0n) is 10.6. The van der Waals surface area contributed by atoms with Gasteiger partial charge in [-0.1, -0.05) is 66.1 Å². The molecule has 0 aliphatic carbocycles. The zero-order valence-corrected chi connectivity index (χ0v) is 10.6. The molecule has 0 saturated heterocycles. The molecule has 20 heavy (non-hydrogen) atoms. The van der Waals surface area contributed by atoms with E-state index < -0.39 is 5.03 Å². The van der Waals surface area contributed by atoms with Crippen molar-refractivity contribution in [1.29, 1.82) is 0 Å². The molecule has 0 aromatic heterocycles. The standard InChI is InChI=1S/C14H14N4O2/c15-14(17-18(19)20)16-13(11-7-3-1-4-8-11)12-9-5-2-6-10-12/h1-10,13H,(H3,15,16,17). The van der Waals surface area contributed by atoms with E-state index in [1.54, 1.807) is 0 Å². The summed E-state index contributed by atoms with van der Waals surface area (Å²) >= 11 is 0. The average Bonchev–Trinajstić information content (AvgIpc) is 2.46. The smallest absolute Gasteiger partial charge is 0.252 e. The van der Waals surface area contributed by atoms with E-state index in [0.717, 1.165) is 11.1 Å². The maximum absolute atomic E-state index is 10.4. The lowest BCUT2D eigenvalue weighted by Gasteiger charge is -2.13. The Bertz CT molecular complexity index is 560. The molecule has 0 aliphatic heterocycles. The second-order valence-corrected chi connectivity index (χ2v) is 4.11. The highest BCUT2D eigenvalue weighted by Gasteiger charge is 2.14. The van der Waals surface area contributed by atoms with Crippen LogP contribution >= 0.6 is 0 Å². The first-order valence-corrected chi connectivity index (χ1v) is 6.01. The molecule has 0 bridgehead atoms. The van der Waals surface area contributed by atoms with Crippen molar-refractivity contribution >= 4 is 5.96 Å². The Hall–Kier alpha value is -2.89. The Kier molecular flexibility index (Phi) is 4.28. The fourth-order valence-corrected chi connectivity index (χ4v) is 1.87. The number of benzene rings is 2. The summed E-state index contributed by atoms with van der Waals surface area (Å²) in [5.41, 5.74) is 9.23. The molecular weight excluding hydrogens is 256 g/mol. The molecule has 0 aliphatic rings. The predicted molar refractivity (Wildman–Crippen MR) is 76.5 cm³/mol. The van der Waals surface area contributed by atoms with E-state index in [1.165, 1.54) is 0 Å². The van der Waals surface area contributed by atoms with Gasteiger partial charge in [-0.05, 0) is 11.1 Å². The van der Waals surface area contributed by atoms with Crippen LogP contribution in [0.1, 0.15) is 17.2 Å². The maximum Gasteiger partial charge on any atom is 0.252 e. The summed E-state index contributed by atoms with van der Waals surface area (Å²) in [5.74, 6) is -0.229. The first-order valence-electron chi connectivity index (χ1n) is 6.01. The number of rotatable bonds is 4. The number of nitrogens with two attached hydrogens (primary N) is 1. The van der Waals surface area contributed by atoms with Crippen molar-refractivity contribution in [3.8, 4) is 0 Å². The van der Waals surface area contributed by atoms with Crippen LogP contribution in [0.5, 0.6) is 0 Å². The topological polar surface area (TPSA) is 93.5 Å². The highest BCUT2D eigenvalue weighted by molar-refractivity contribution is 5.77. The molecule has 2 aromatic carbocycles. The van der Waals surface area contributed by atoms with E-state index in [0.29, 0.717) is 0 Å². The summed E-state index contributed by atoms with van der Waals surface area (Å²) in [6, 6.07) is 18.6. The van der Waals surface area contributed by atoms with Gasteiger partial charge in [-0.15, -0.1) is 0 Å². The molecule has 0 amide bonds. The Balaban J connectivity index is 2.38. The minimum atomic E-state index is -0.730. The van der Waals surface area contributed by atoms with Crippen LogP contribution in [-0.2, 0) is 0 Å². The zero-order chi connectivity index (χ0) is 14.4. The van der Waals surface area contributed by atoms with Crippen LogP contribution in [0.25, 0.3) is 0 Å². The Morgan fingerprint density at radius 2 is 1.50 bits per heavy atom. The molecule has 0 heterocycles. The fourth-order valence-electron chi connectivity index (χ4n) is 1.87. The fraction of sp³-hybridized carbons (Fsp3) is 0.0714. The average molecular weight is 270 g/mol. The molecule has 6 heteroatoms. The Labute approximate surface area is 116 Å². The van der Waals surface area contributed by atoms with Gasteiger partial charge in [0, 0.05) is 0 Å². The summed E-state index contributed by atoms with van der Waals surface area (Å²) in [6.07, 6.45) is 0. The summed E-state index contributed by atoms with van der Waals surface area (Å²) < 4.78 is 0. The molecule has 0 atom stereocenters. The molecule has 0 unspecified atom stereocenters. The van der Waals surface area contributed by atoms with Gasteiger partial charge in [0.2, 0.25) is 0 Å². The molecule has 0 spiro atoms. The minimum Gasteiger partial charge on any atom is -0.365 e. The van der Waals surface area contributed by atoms with Gasteiger partial charge in [0.1, 0.15) is 6.04 Å². The second-order valence-electron chi connectivity index (χ2n) is 4.11. The molecule has 3 N–H and O–H groups in total. The van der Waals surface area contributed by atoms with Gasteiger partial charge in [-0.25, -0.2) is 15.1 Å². The third-order valence-electron chi connectivity index (χ3n) is 2.70. The van der Waals surface area contributed by atoms with Gasteiger partial charge >= 0.3 is 0 Å². The normalized spacial score (nSPS) is 11.3. The van der Waals surface area contributed by atoms with E-state index in [4.69, 9.17) is 5.73 Å². The number of guanidine groups is 1. The summed E-state index contributed by atoms with van der Waals surface area (Å²) in [7, 11) is 0. The van der Waals surface area contributed by atoms with Gasteiger partial charge < -0.3 is 5.73 Å². The van der Waals surface area contributed by atoms with E-state index in [9.17, 15) is 10.1 Å². The third kappa shape index (κ3) is 3.55. The van der Waals surface area contributed by atoms with Crippen LogP contribution < -0.4 is 11.2 Å². The number of hydrazine groups is 1. The van der Waals surface area contributed by atoms with Crippen LogP contribution in [0, 0.1) is 10.1 Å². The van der Waals surface area contributed by atoms with E-state index in [-0.39, 0.29) is 12.0 Å². The Morgan fingerprint density at radius 1 is 1.05 bits per heavy atom. The number of aliphatic imine (C=N–C) groups is 1. The molecule has 0 fully saturated rings. The summed E-state index contributed by atoms with van der Waals surface area (Å²) in [6.45, 7) is 0. The summed E-state index contributed by atoms with van der Waals surface area (Å²) in [4.78, 5) is 14.6. The van der Waals surface area contributed by atoms with E-state index in [2.05, 4.69) is 4.99 Å². The molecule has 6 nitrogen and oxygen atoms in total. The van der Waals surface area contributed by atoms with Crippen molar-refractivity contribution < 1.29 is 5.03 Å². The van der Waals surface area contributed by atoms with Gasteiger partial charge in [0.25, 0.3) is 5.96 Å². The lowest BCUT2D eigenvalue weighted by Crippen LogP contribution is -2.36. The number of nitro groups is 1. The molecule has 0 saturated carbocycles. The van der Waals surface area contributed by atoms with E-state index in [1.807, 2.05) is 66.1 Å². The van der Waals surface area contributed by atoms with Crippen molar-refractivity contribution in [3.05, 3.63) is 81.9 Å².